The van der Waals surface area contributed by atoms with Gasteiger partial charge in [0.15, 0.2) is 5.76 Å². The molecule has 9 heteroatoms. The number of anilines is 1. The van der Waals surface area contributed by atoms with Gasteiger partial charge in [-0.05, 0) is 36.8 Å². The summed E-state index contributed by atoms with van der Waals surface area (Å²) in [6, 6.07) is 12.7. The zero-order valence-electron chi connectivity index (χ0n) is 17.0. The van der Waals surface area contributed by atoms with Crippen molar-refractivity contribution in [1.29, 1.82) is 5.26 Å². The van der Waals surface area contributed by atoms with Crippen LogP contribution in [0.4, 0.5) is 5.88 Å². The summed E-state index contributed by atoms with van der Waals surface area (Å²) in [7, 11) is 0. The quantitative estimate of drug-likeness (QED) is 0.629. The molecule has 4 rings (SSSR count). The van der Waals surface area contributed by atoms with E-state index in [1.165, 1.54) is 6.26 Å². The molecule has 160 valence electrons. The summed E-state index contributed by atoms with van der Waals surface area (Å²) in [6.07, 6.45) is 1.53. The van der Waals surface area contributed by atoms with E-state index >= 15 is 0 Å². The molecule has 2 aromatic heterocycles. The number of nitriles is 1. The van der Waals surface area contributed by atoms with Crippen LogP contribution in [0.25, 0.3) is 11.7 Å². The molecule has 1 aromatic carbocycles. The second-order valence-electron chi connectivity index (χ2n) is 7.31. The monoisotopic (exact) mass is 439 g/mol. The number of oxazole rings is 1. The summed E-state index contributed by atoms with van der Waals surface area (Å²) in [5, 5.41) is 13.1. The number of hydrogen-bond donors (Lipinski definition) is 1. The highest BCUT2D eigenvalue weighted by Crippen LogP contribution is 2.29. The third kappa shape index (κ3) is 4.74. The van der Waals surface area contributed by atoms with Gasteiger partial charge in [-0.2, -0.15) is 10.2 Å². The van der Waals surface area contributed by atoms with Crippen LogP contribution in [0.3, 0.4) is 0 Å². The summed E-state index contributed by atoms with van der Waals surface area (Å²) >= 11 is 5.90. The molecule has 1 atom stereocenters. The Hall–Kier alpha value is -3.28. The van der Waals surface area contributed by atoms with Gasteiger partial charge in [0.05, 0.1) is 12.3 Å². The van der Waals surface area contributed by atoms with Crippen LogP contribution in [0.2, 0.25) is 5.02 Å². The Morgan fingerprint density at radius 2 is 2.00 bits per heavy atom. The number of halogens is 1. The number of aromatic nitrogens is 1. The van der Waals surface area contributed by atoms with E-state index in [4.69, 9.17) is 20.4 Å². The molecule has 31 heavy (non-hydrogen) atoms. The lowest BCUT2D eigenvalue weighted by Gasteiger charge is -2.37. The topological polar surface area (TPSA) is 98.5 Å². The molecule has 0 bridgehead atoms. The molecule has 0 spiro atoms. The Morgan fingerprint density at radius 1 is 1.26 bits per heavy atom. The van der Waals surface area contributed by atoms with Gasteiger partial charge in [0.25, 0.3) is 5.89 Å². The number of piperazine rings is 1. The SMILES string of the molecule is CC(C(=O)NCc1ccc(Cl)cc1)N1CCN(c2oc(-c3ccco3)nc2C#N)CC1. The van der Waals surface area contributed by atoms with Crippen LogP contribution in [0, 0.1) is 11.3 Å². The van der Waals surface area contributed by atoms with Crippen LogP contribution < -0.4 is 10.2 Å². The van der Waals surface area contributed by atoms with Crippen molar-refractivity contribution in [1.82, 2.24) is 15.2 Å². The number of carbonyl (C=O) groups is 1. The highest BCUT2D eigenvalue weighted by atomic mass is 35.5. The van der Waals surface area contributed by atoms with E-state index in [-0.39, 0.29) is 23.5 Å². The molecule has 1 unspecified atom stereocenters. The molecular formula is C22H22ClN5O3. The van der Waals surface area contributed by atoms with E-state index in [1.807, 2.05) is 36.1 Å². The van der Waals surface area contributed by atoms with E-state index < -0.39 is 0 Å². The van der Waals surface area contributed by atoms with Crippen LogP contribution in [0.15, 0.2) is 51.5 Å². The van der Waals surface area contributed by atoms with Gasteiger partial charge in [0.2, 0.25) is 17.5 Å². The number of hydrogen-bond acceptors (Lipinski definition) is 7. The molecule has 1 aliphatic rings. The first-order chi connectivity index (χ1) is 15.0. The minimum absolute atomic E-state index is 0.0270. The number of benzene rings is 1. The standard InChI is InChI=1S/C22H22ClN5O3/c1-15(20(29)25-14-16-4-6-17(23)7-5-16)27-8-10-28(11-9-27)22-18(13-24)26-21(31-22)19-3-2-12-30-19/h2-7,12,15H,8-11,14H2,1H3,(H,25,29). The van der Waals surface area contributed by atoms with Gasteiger partial charge in [-0.15, -0.1) is 0 Å². The first kappa shape index (κ1) is 21.0. The molecule has 3 aromatic rings. The first-order valence-electron chi connectivity index (χ1n) is 10.0. The zero-order valence-corrected chi connectivity index (χ0v) is 17.8. The smallest absolute Gasteiger partial charge is 0.266 e. The second kappa shape index (κ2) is 9.25. The molecule has 1 N–H and O–H groups in total. The van der Waals surface area contributed by atoms with Crippen molar-refractivity contribution in [2.75, 3.05) is 31.1 Å². The van der Waals surface area contributed by atoms with Crippen molar-refractivity contribution in [2.45, 2.75) is 19.5 Å². The average molecular weight is 440 g/mol. The number of rotatable bonds is 6. The molecule has 0 saturated carbocycles. The second-order valence-corrected chi connectivity index (χ2v) is 7.74. The molecule has 8 nitrogen and oxygen atoms in total. The molecule has 3 heterocycles. The molecule has 1 aliphatic heterocycles. The normalized spacial score (nSPS) is 15.5. The summed E-state index contributed by atoms with van der Waals surface area (Å²) in [5.74, 6) is 1.18. The number of nitrogens with zero attached hydrogens (tertiary/aromatic N) is 4. The molecule has 1 amide bonds. The third-order valence-electron chi connectivity index (χ3n) is 5.36. The number of nitrogens with one attached hydrogen (secondary N) is 1. The van der Waals surface area contributed by atoms with Crippen LogP contribution >= 0.6 is 11.6 Å². The largest absolute Gasteiger partial charge is 0.459 e. The molecule has 0 aliphatic carbocycles. The predicted octanol–water partition coefficient (Wildman–Crippen LogP) is 3.29. The Labute approximate surface area is 185 Å². The maximum Gasteiger partial charge on any atom is 0.266 e. The average Bonchev–Trinajstić information content (AvgIpc) is 3.48. The Kier molecular flexibility index (Phi) is 6.26. The van der Waals surface area contributed by atoms with Crippen molar-refractivity contribution in [2.24, 2.45) is 0 Å². The molecule has 1 saturated heterocycles. The minimum atomic E-state index is -0.265. The van der Waals surface area contributed by atoms with Crippen molar-refractivity contribution >= 4 is 23.4 Å². The van der Waals surface area contributed by atoms with Crippen molar-refractivity contribution in [3.8, 4) is 17.7 Å². The van der Waals surface area contributed by atoms with Gasteiger partial charge >= 0.3 is 0 Å². The summed E-state index contributed by atoms with van der Waals surface area (Å²) in [5.41, 5.74) is 1.23. The van der Waals surface area contributed by atoms with E-state index in [0.717, 1.165) is 5.56 Å². The Morgan fingerprint density at radius 3 is 2.65 bits per heavy atom. The van der Waals surface area contributed by atoms with E-state index in [1.54, 1.807) is 12.1 Å². The molecule has 0 radical (unpaired) electrons. The van der Waals surface area contributed by atoms with Gasteiger partial charge in [-0.25, -0.2) is 0 Å². The highest BCUT2D eigenvalue weighted by Gasteiger charge is 2.29. The van der Waals surface area contributed by atoms with Crippen molar-refractivity contribution < 1.29 is 13.6 Å². The van der Waals surface area contributed by atoms with Crippen molar-refractivity contribution in [3.63, 3.8) is 0 Å². The fourth-order valence-corrected chi connectivity index (χ4v) is 3.65. The van der Waals surface area contributed by atoms with Crippen LogP contribution in [0.5, 0.6) is 0 Å². The van der Waals surface area contributed by atoms with E-state index in [2.05, 4.69) is 21.3 Å². The van der Waals surface area contributed by atoms with Gasteiger partial charge in [-0.3, -0.25) is 9.69 Å². The lowest BCUT2D eigenvalue weighted by atomic mass is 10.2. The van der Waals surface area contributed by atoms with E-state index in [0.29, 0.717) is 49.4 Å². The number of furan rings is 1. The third-order valence-corrected chi connectivity index (χ3v) is 5.61. The summed E-state index contributed by atoms with van der Waals surface area (Å²) in [6.45, 7) is 4.93. The first-order valence-corrected chi connectivity index (χ1v) is 10.4. The predicted molar refractivity (Wildman–Crippen MR) is 115 cm³/mol. The van der Waals surface area contributed by atoms with E-state index in [9.17, 15) is 10.1 Å². The number of amides is 1. The lowest BCUT2D eigenvalue weighted by molar-refractivity contribution is -0.126. The van der Waals surface area contributed by atoms with Gasteiger partial charge in [0, 0.05) is 37.7 Å². The minimum Gasteiger partial charge on any atom is -0.459 e. The lowest BCUT2D eigenvalue weighted by Crippen LogP contribution is -2.54. The highest BCUT2D eigenvalue weighted by molar-refractivity contribution is 6.30. The fraction of sp³-hybridized carbons (Fsp3) is 0.318. The fourth-order valence-electron chi connectivity index (χ4n) is 3.52. The number of carbonyl (C=O) groups excluding carboxylic acids is 1. The Balaban J connectivity index is 1.33. The summed E-state index contributed by atoms with van der Waals surface area (Å²) in [4.78, 5) is 20.9. The van der Waals surface area contributed by atoms with Gasteiger partial charge in [-0.1, -0.05) is 23.7 Å². The summed E-state index contributed by atoms with van der Waals surface area (Å²) < 4.78 is 11.1. The molecule has 1 fully saturated rings. The Bertz CT molecular complexity index is 1060. The van der Waals surface area contributed by atoms with Crippen LogP contribution in [-0.2, 0) is 11.3 Å². The van der Waals surface area contributed by atoms with Crippen molar-refractivity contribution in [3.05, 3.63) is 58.9 Å². The van der Waals surface area contributed by atoms with Crippen LogP contribution in [-0.4, -0.2) is 48.0 Å². The molecular weight excluding hydrogens is 418 g/mol. The van der Waals surface area contributed by atoms with Crippen LogP contribution in [0.1, 0.15) is 18.2 Å². The maximum absolute atomic E-state index is 12.6. The maximum atomic E-state index is 12.6. The van der Waals surface area contributed by atoms with Gasteiger partial charge in [0.1, 0.15) is 6.07 Å². The van der Waals surface area contributed by atoms with Gasteiger partial charge < -0.3 is 19.1 Å². The zero-order chi connectivity index (χ0) is 21.8.